The Morgan fingerprint density at radius 3 is 2.42 bits per heavy atom. The average Bonchev–Trinajstić information content (AvgIpc) is 2.78. The van der Waals surface area contributed by atoms with Crippen LogP contribution in [0, 0.1) is 0 Å². The van der Waals surface area contributed by atoms with Gasteiger partial charge < -0.3 is 18.5 Å². The van der Waals surface area contributed by atoms with Gasteiger partial charge in [-0.2, -0.15) is 0 Å². The van der Waals surface area contributed by atoms with Crippen molar-refractivity contribution in [3.63, 3.8) is 0 Å². The lowest BCUT2D eigenvalue weighted by Gasteiger charge is -2.24. The van der Waals surface area contributed by atoms with Gasteiger partial charge in [-0.15, -0.1) is 0 Å². The summed E-state index contributed by atoms with van der Waals surface area (Å²) in [7, 11) is -3.22. The Hall–Kier alpha value is -1.37. The third-order valence-electron chi connectivity index (χ3n) is 2.83. The number of carbonyl (C=O) groups excluding carboxylic acids is 2. The first-order chi connectivity index (χ1) is 11.1. The van der Waals surface area contributed by atoms with Gasteiger partial charge in [0, 0.05) is 0 Å². The number of amides is 2. The van der Waals surface area contributed by atoms with Crippen LogP contribution in [0.25, 0.3) is 0 Å². The highest BCUT2D eigenvalue weighted by Gasteiger charge is 2.39. The zero-order valence-electron chi connectivity index (χ0n) is 14.8. The van der Waals surface area contributed by atoms with E-state index in [4.69, 9.17) is 18.5 Å². The number of allylic oxidation sites excluding steroid dienone is 1. The first kappa shape index (κ1) is 20.7. The van der Waals surface area contributed by atoms with Gasteiger partial charge in [-0.3, -0.25) is 4.57 Å². The number of nitrogens with zero attached hydrogens (tertiary/aromatic N) is 1. The van der Waals surface area contributed by atoms with E-state index in [9.17, 15) is 14.2 Å². The maximum atomic E-state index is 12.4. The molecule has 1 heterocycles. The molecule has 0 aliphatic carbocycles. The van der Waals surface area contributed by atoms with Crippen molar-refractivity contribution < 1.29 is 32.7 Å². The van der Waals surface area contributed by atoms with Crippen LogP contribution >= 0.6 is 7.60 Å². The molecule has 1 aliphatic rings. The normalized spacial score (nSPS) is 19.0. The molecule has 9 heteroatoms. The molecule has 138 valence electrons. The monoisotopic (exact) mass is 363 g/mol. The van der Waals surface area contributed by atoms with E-state index < -0.39 is 31.4 Å². The van der Waals surface area contributed by atoms with Crippen molar-refractivity contribution in [2.24, 2.45) is 0 Å². The molecular formula is C15H26NO7P. The molecule has 0 radical (unpaired) electrons. The summed E-state index contributed by atoms with van der Waals surface area (Å²) < 4.78 is 32.8. The molecule has 0 saturated carbocycles. The highest BCUT2D eigenvalue weighted by molar-refractivity contribution is 7.54. The molecule has 0 aromatic heterocycles. The highest BCUT2D eigenvalue weighted by atomic mass is 31.2. The standard InChI is InChI=1S/C15H26NO7P/c1-6-21-24(19,22-7-2)10-8-9-12-11-20-13(17)16(12)14(18)23-15(3,4)5/h8-9,12H,6-7,10-11H2,1-5H3/b9-8+. The molecule has 0 N–H and O–H groups in total. The molecule has 2 amide bonds. The first-order valence-corrected chi connectivity index (χ1v) is 9.58. The van der Waals surface area contributed by atoms with Crippen LogP contribution in [0.2, 0.25) is 0 Å². The fourth-order valence-corrected chi connectivity index (χ4v) is 3.43. The van der Waals surface area contributed by atoms with Crippen molar-refractivity contribution in [3.05, 3.63) is 12.2 Å². The van der Waals surface area contributed by atoms with Crippen molar-refractivity contribution >= 4 is 19.8 Å². The predicted octanol–water partition coefficient (Wildman–Crippen LogP) is 3.56. The molecule has 8 nitrogen and oxygen atoms in total. The van der Waals surface area contributed by atoms with Gasteiger partial charge >= 0.3 is 19.8 Å². The average molecular weight is 363 g/mol. The van der Waals surface area contributed by atoms with Crippen LogP contribution in [0.1, 0.15) is 34.6 Å². The maximum absolute atomic E-state index is 12.4. The lowest BCUT2D eigenvalue weighted by Crippen LogP contribution is -2.41. The minimum Gasteiger partial charge on any atom is -0.446 e. The second kappa shape index (κ2) is 8.65. The summed E-state index contributed by atoms with van der Waals surface area (Å²) in [5.74, 6) is 0. The maximum Gasteiger partial charge on any atom is 0.420 e. The second-order valence-electron chi connectivity index (χ2n) is 6.05. The molecule has 0 aromatic rings. The molecule has 1 atom stereocenters. The van der Waals surface area contributed by atoms with Gasteiger partial charge in [-0.1, -0.05) is 12.2 Å². The fraction of sp³-hybridized carbons (Fsp3) is 0.733. The van der Waals surface area contributed by atoms with Gasteiger partial charge in [0.15, 0.2) is 0 Å². The van der Waals surface area contributed by atoms with E-state index in [0.29, 0.717) is 0 Å². The number of imide groups is 1. The summed E-state index contributed by atoms with van der Waals surface area (Å²) >= 11 is 0. The SMILES string of the molecule is CCOP(=O)(C/C=C/C1COC(=O)N1C(=O)OC(C)(C)C)OCC. The van der Waals surface area contributed by atoms with Crippen LogP contribution in [-0.4, -0.2) is 54.7 Å². The van der Waals surface area contributed by atoms with E-state index in [1.807, 2.05) is 0 Å². The topological polar surface area (TPSA) is 91.4 Å². The molecule has 0 spiro atoms. The van der Waals surface area contributed by atoms with E-state index in [1.54, 1.807) is 46.8 Å². The molecular weight excluding hydrogens is 337 g/mol. The lowest BCUT2D eigenvalue weighted by molar-refractivity contribution is 0.0312. The fourth-order valence-electron chi connectivity index (χ4n) is 1.98. The summed E-state index contributed by atoms with van der Waals surface area (Å²) in [6, 6.07) is -0.621. The Morgan fingerprint density at radius 2 is 1.92 bits per heavy atom. The summed E-state index contributed by atoms with van der Waals surface area (Å²) in [5.41, 5.74) is -0.728. The van der Waals surface area contributed by atoms with Crippen LogP contribution in [0.15, 0.2) is 12.2 Å². The number of hydrogen-bond donors (Lipinski definition) is 0. The number of ether oxygens (including phenoxy) is 2. The Bertz CT molecular complexity index is 516. The predicted molar refractivity (Wildman–Crippen MR) is 88.1 cm³/mol. The highest BCUT2D eigenvalue weighted by Crippen LogP contribution is 2.47. The van der Waals surface area contributed by atoms with Gasteiger partial charge in [-0.25, -0.2) is 14.5 Å². The minimum absolute atomic E-state index is 0.0160. The van der Waals surface area contributed by atoms with Crippen LogP contribution in [-0.2, 0) is 23.1 Å². The van der Waals surface area contributed by atoms with Crippen molar-refractivity contribution in [1.82, 2.24) is 4.90 Å². The van der Waals surface area contributed by atoms with E-state index in [1.165, 1.54) is 0 Å². The van der Waals surface area contributed by atoms with Gasteiger partial charge in [0.25, 0.3) is 0 Å². The van der Waals surface area contributed by atoms with Crippen LogP contribution in [0.5, 0.6) is 0 Å². The van der Waals surface area contributed by atoms with Crippen molar-refractivity contribution in [2.45, 2.75) is 46.3 Å². The van der Waals surface area contributed by atoms with E-state index in [0.717, 1.165) is 4.90 Å². The number of rotatable bonds is 7. The molecule has 0 bridgehead atoms. The van der Waals surface area contributed by atoms with Crippen molar-refractivity contribution in [3.8, 4) is 0 Å². The van der Waals surface area contributed by atoms with E-state index >= 15 is 0 Å². The molecule has 1 fully saturated rings. The van der Waals surface area contributed by atoms with Crippen LogP contribution < -0.4 is 0 Å². The van der Waals surface area contributed by atoms with Gasteiger partial charge in [-0.05, 0) is 34.6 Å². The minimum atomic E-state index is -3.22. The molecule has 1 unspecified atom stereocenters. The van der Waals surface area contributed by atoms with E-state index in [2.05, 4.69) is 0 Å². The molecule has 1 aliphatic heterocycles. The molecule has 0 aromatic carbocycles. The van der Waals surface area contributed by atoms with Crippen molar-refractivity contribution in [2.75, 3.05) is 26.0 Å². The van der Waals surface area contributed by atoms with Crippen LogP contribution in [0.4, 0.5) is 9.59 Å². The summed E-state index contributed by atoms with van der Waals surface area (Å²) in [6.45, 7) is 9.11. The van der Waals surface area contributed by atoms with Gasteiger partial charge in [0.05, 0.1) is 25.4 Å². The van der Waals surface area contributed by atoms with E-state index in [-0.39, 0.29) is 26.0 Å². The van der Waals surface area contributed by atoms with Crippen molar-refractivity contribution in [1.29, 1.82) is 0 Å². The quantitative estimate of drug-likeness (QED) is 0.504. The first-order valence-electron chi connectivity index (χ1n) is 7.85. The second-order valence-corrected chi connectivity index (χ2v) is 8.16. The summed E-state index contributed by atoms with van der Waals surface area (Å²) in [4.78, 5) is 24.8. The van der Waals surface area contributed by atoms with Crippen LogP contribution in [0.3, 0.4) is 0 Å². The number of cyclic esters (lactones) is 1. The molecule has 24 heavy (non-hydrogen) atoms. The third kappa shape index (κ3) is 6.26. The summed E-state index contributed by atoms with van der Waals surface area (Å²) in [5, 5.41) is 0. The number of carbonyl (C=O) groups is 2. The Morgan fingerprint density at radius 1 is 1.33 bits per heavy atom. The summed E-state index contributed by atoms with van der Waals surface area (Å²) in [6.07, 6.45) is 1.63. The smallest absolute Gasteiger partial charge is 0.420 e. The lowest BCUT2D eigenvalue weighted by atomic mass is 10.2. The molecule has 1 saturated heterocycles. The Balaban J connectivity index is 2.75. The van der Waals surface area contributed by atoms with Gasteiger partial charge in [0.2, 0.25) is 0 Å². The zero-order chi connectivity index (χ0) is 18.4. The zero-order valence-corrected chi connectivity index (χ0v) is 15.7. The third-order valence-corrected chi connectivity index (χ3v) is 4.80. The Kier molecular flexibility index (Phi) is 7.45. The molecule has 1 rings (SSSR count). The largest absolute Gasteiger partial charge is 0.446 e. The Labute approximate surface area is 142 Å². The number of hydrogen-bond acceptors (Lipinski definition) is 7. The van der Waals surface area contributed by atoms with Gasteiger partial charge in [0.1, 0.15) is 12.2 Å².